The van der Waals surface area contributed by atoms with Crippen molar-refractivity contribution in [2.24, 2.45) is 5.92 Å². The smallest absolute Gasteiger partial charge is 0.344 e. The number of rotatable bonds is 6. The van der Waals surface area contributed by atoms with E-state index >= 15 is 0 Å². The van der Waals surface area contributed by atoms with Crippen LogP contribution in [0.5, 0.6) is 0 Å². The van der Waals surface area contributed by atoms with Gasteiger partial charge in [-0.2, -0.15) is 13.2 Å². The van der Waals surface area contributed by atoms with Gasteiger partial charge < -0.3 is 10.3 Å². The fraction of sp³-hybridized carbons (Fsp3) is 0.227. The maximum absolute atomic E-state index is 14.3. The Morgan fingerprint density at radius 3 is 2.38 bits per heavy atom. The molecule has 3 aromatic rings. The molecule has 1 amide bonds. The second kappa shape index (κ2) is 9.56. The number of aromatic nitrogens is 2. The van der Waals surface area contributed by atoms with Gasteiger partial charge in [0.2, 0.25) is 0 Å². The summed E-state index contributed by atoms with van der Waals surface area (Å²) in [4.78, 5) is 31.1. The van der Waals surface area contributed by atoms with Crippen LogP contribution in [-0.2, 0) is 0 Å². The van der Waals surface area contributed by atoms with E-state index < -0.39 is 45.5 Å². The summed E-state index contributed by atoms with van der Waals surface area (Å²) in [7, 11) is 0. The Kier molecular flexibility index (Phi) is 7.02. The summed E-state index contributed by atoms with van der Waals surface area (Å²) in [6.07, 6.45) is 0. The van der Waals surface area contributed by atoms with Gasteiger partial charge in [-0.15, -0.1) is 0 Å². The fourth-order valence-electron chi connectivity index (χ4n) is 3.07. The highest BCUT2D eigenvalue weighted by Gasteiger charge is 2.31. The lowest BCUT2D eigenvalue weighted by molar-refractivity contribution is -0.0329. The third-order valence-corrected chi connectivity index (χ3v) is 5.30. The molecule has 32 heavy (non-hydrogen) atoms. The Bertz CT molecular complexity index is 1160. The molecule has 0 saturated carbocycles. The van der Waals surface area contributed by atoms with E-state index in [0.717, 1.165) is 18.2 Å². The number of H-pyrrole nitrogens is 1. The molecule has 10 heteroatoms. The molecule has 168 valence electrons. The number of nitrogens with zero attached hydrogens (tertiary/aromatic N) is 1. The summed E-state index contributed by atoms with van der Waals surface area (Å²) >= 11 is -0.542. The van der Waals surface area contributed by atoms with E-state index in [1.807, 2.05) is 0 Å². The zero-order valence-electron chi connectivity index (χ0n) is 17.0. The Morgan fingerprint density at radius 1 is 1.09 bits per heavy atom. The van der Waals surface area contributed by atoms with Crippen LogP contribution in [0, 0.1) is 11.7 Å². The summed E-state index contributed by atoms with van der Waals surface area (Å²) in [5, 5.41) is 2.70. The van der Waals surface area contributed by atoms with Gasteiger partial charge in [0.05, 0.1) is 10.9 Å². The monoisotopic (exact) mass is 465 g/mol. The van der Waals surface area contributed by atoms with Gasteiger partial charge in [0.15, 0.2) is 0 Å². The van der Waals surface area contributed by atoms with Crippen molar-refractivity contribution in [1.29, 1.82) is 0 Å². The molecule has 5 nitrogen and oxygen atoms in total. The second-order valence-corrected chi connectivity index (χ2v) is 8.38. The zero-order chi connectivity index (χ0) is 23.5. The average Bonchev–Trinajstić information content (AvgIpc) is 2.72. The molecule has 0 spiro atoms. The molecular weight excluding hydrogens is 446 g/mol. The first-order valence-corrected chi connectivity index (χ1v) is 10.4. The highest BCUT2D eigenvalue weighted by atomic mass is 32.2. The van der Waals surface area contributed by atoms with E-state index in [0.29, 0.717) is 11.1 Å². The van der Waals surface area contributed by atoms with Crippen molar-refractivity contribution in [2.45, 2.75) is 30.3 Å². The first kappa shape index (κ1) is 23.5. The third-order valence-electron chi connectivity index (χ3n) is 4.52. The molecule has 0 saturated heterocycles. The SMILES string of the molecule is CC(C)[C@@H](NC(=O)c1cc(=O)[nH]c(-c2ccccc2)n1)c1ccc(SC(F)(F)F)c(F)c1. The Morgan fingerprint density at radius 2 is 1.78 bits per heavy atom. The van der Waals surface area contributed by atoms with E-state index in [-0.39, 0.29) is 17.4 Å². The molecule has 0 bridgehead atoms. The van der Waals surface area contributed by atoms with Crippen LogP contribution in [0.1, 0.15) is 35.9 Å². The van der Waals surface area contributed by atoms with Gasteiger partial charge in [-0.25, -0.2) is 9.37 Å². The summed E-state index contributed by atoms with van der Waals surface area (Å²) < 4.78 is 51.9. The lowest BCUT2D eigenvalue weighted by Gasteiger charge is -2.23. The summed E-state index contributed by atoms with van der Waals surface area (Å²) in [5.74, 6) is -1.72. The lowest BCUT2D eigenvalue weighted by Crippen LogP contribution is -2.33. The highest BCUT2D eigenvalue weighted by Crippen LogP contribution is 2.39. The highest BCUT2D eigenvalue weighted by molar-refractivity contribution is 8.00. The largest absolute Gasteiger partial charge is 0.446 e. The van der Waals surface area contributed by atoms with E-state index in [1.54, 1.807) is 44.2 Å². The molecule has 2 aromatic carbocycles. The van der Waals surface area contributed by atoms with Gasteiger partial charge in [0.25, 0.3) is 11.5 Å². The topological polar surface area (TPSA) is 74.8 Å². The fourth-order valence-corrected chi connectivity index (χ4v) is 3.62. The van der Waals surface area contributed by atoms with Gasteiger partial charge in [-0.1, -0.05) is 50.2 Å². The molecule has 0 unspecified atom stereocenters. The molecule has 0 radical (unpaired) electrons. The minimum atomic E-state index is -4.61. The van der Waals surface area contributed by atoms with Crippen molar-refractivity contribution in [3.63, 3.8) is 0 Å². The first-order valence-electron chi connectivity index (χ1n) is 9.56. The van der Waals surface area contributed by atoms with E-state index in [9.17, 15) is 27.2 Å². The molecule has 3 rings (SSSR count). The number of benzene rings is 2. The van der Waals surface area contributed by atoms with Gasteiger partial charge in [0, 0.05) is 11.6 Å². The molecular formula is C22H19F4N3O2S. The van der Waals surface area contributed by atoms with Crippen molar-refractivity contribution >= 4 is 17.7 Å². The number of aromatic amines is 1. The number of hydrogen-bond acceptors (Lipinski definition) is 4. The molecule has 1 atom stereocenters. The minimum Gasteiger partial charge on any atom is -0.344 e. The van der Waals surface area contributed by atoms with Crippen LogP contribution in [-0.4, -0.2) is 21.4 Å². The van der Waals surface area contributed by atoms with Crippen LogP contribution < -0.4 is 10.9 Å². The molecule has 2 N–H and O–H groups in total. The predicted octanol–water partition coefficient (Wildman–Crippen LogP) is 5.32. The van der Waals surface area contributed by atoms with Crippen LogP contribution in [0.25, 0.3) is 11.4 Å². The van der Waals surface area contributed by atoms with Crippen molar-refractivity contribution in [1.82, 2.24) is 15.3 Å². The number of carbonyl (C=O) groups is 1. The lowest BCUT2D eigenvalue weighted by atomic mass is 9.95. The molecule has 1 heterocycles. The average molecular weight is 465 g/mol. The maximum Gasteiger partial charge on any atom is 0.446 e. The van der Waals surface area contributed by atoms with E-state index in [1.165, 1.54) is 6.07 Å². The molecule has 1 aromatic heterocycles. The number of thioether (sulfide) groups is 1. The standard InChI is InChI=1S/C22H19F4N3O2S/c1-12(2)19(14-8-9-17(15(23)10-14)32-22(24,25)26)29-21(31)16-11-18(30)28-20(27-16)13-6-4-3-5-7-13/h3-12,19H,1-2H3,(H,29,31)(H,27,28,30)/t19-/m1/s1. The summed E-state index contributed by atoms with van der Waals surface area (Å²) in [6, 6.07) is 12.4. The van der Waals surface area contributed by atoms with Crippen LogP contribution in [0.2, 0.25) is 0 Å². The second-order valence-electron chi connectivity index (χ2n) is 7.28. The number of hydrogen-bond donors (Lipinski definition) is 2. The van der Waals surface area contributed by atoms with Crippen LogP contribution in [0.4, 0.5) is 17.6 Å². The molecule has 0 aliphatic carbocycles. The summed E-state index contributed by atoms with van der Waals surface area (Å²) in [6.45, 7) is 3.53. The quantitative estimate of drug-likeness (QED) is 0.382. The van der Waals surface area contributed by atoms with Crippen molar-refractivity contribution < 1.29 is 22.4 Å². The Balaban J connectivity index is 1.87. The zero-order valence-corrected chi connectivity index (χ0v) is 17.9. The van der Waals surface area contributed by atoms with Gasteiger partial charge >= 0.3 is 5.51 Å². The van der Waals surface area contributed by atoms with Gasteiger partial charge in [-0.3, -0.25) is 9.59 Å². The van der Waals surface area contributed by atoms with Crippen molar-refractivity contribution in [3.8, 4) is 11.4 Å². The predicted molar refractivity (Wildman–Crippen MR) is 114 cm³/mol. The van der Waals surface area contributed by atoms with E-state index in [2.05, 4.69) is 15.3 Å². The molecule has 0 aliphatic rings. The van der Waals surface area contributed by atoms with Crippen molar-refractivity contribution in [2.75, 3.05) is 0 Å². The summed E-state index contributed by atoms with van der Waals surface area (Å²) in [5.41, 5.74) is -4.37. The maximum atomic E-state index is 14.3. The third kappa shape index (κ3) is 5.97. The number of amides is 1. The number of nitrogens with one attached hydrogen (secondary N) is 2. The number of alkyl halides is 3. The van der Waals surface area contributed by atoms with Crippen LogP contribution >= 0.6 is 11.8 Å². The van der Waals surface area contributed by atoms with Crippen LogP contribution in [0.3, 0.4) is 0 Å². The van der Waals surface area contributed by atoms with Crippen molar-refractivity contribution in [3.05, 3.63) is 82.0 Å². The van der Waals surface area contributed by atoms with Gasteiger partial charge in [0.1, 0.15) is 17.3 Å². The van der Waals surface area contributed by atoms with Crippen LogP contribution in [0.15, 0.2) is 64.3 Å². The number of carbonyl (C=O) groups excluding carboxylic acids is 1. The normalized spacial score (nSPS) is 12.6. The van der Waals surface area contributed by atoms with E-state index in [4.69, 9.17) is 0 Å². The Labute approximate surface area is 185 Å². The first-order chi connectivity index (χ1) is 15.0. The Hall–Kier alpha value is -3.14. The molecule has 0 fully saturated rings. The van der Waals surface area contributed by atoms with Gasteiger partial charge in [-0.05, 0) is 35.4 Å². The minimum absolute atomic E-state index is 0.136. The number of halogens is 4. The molecule has 0 aliphatic heterocycles.